The summed E-state index contributed by atoms with van der Waals surface area (Å²) < 4.78 is 12.1. The predicted molar refractivity (Wildman–Crippen MR) is 93.6 cm³/mol. The molecule has 0 amide bonds. The Kier molecular flexibility index (Phi) is 9.74. The van der Waals surface area contributed by atoms with Crippen molar-refractivity contribution < 1.29 is 50.3 Å². The predicted octanol–water partition coefficient (Wildman–Crippen LogP) is 3.91. The van der Waals surface area contributed by atoms with Crippen LogP contribution in [0.2, 0.25) is 0 Å². The van der Waals surface area contributed by atoms with Crippen LogP contribution in [0.15, 0.2) is 46.9 Å². The van der Waals surface area contributed by atoms with Gasteiger partial charge in [0.2, 0.25) is 0 Å². The molecule has 2 aromatic carbocycles. The minimum absolute atomic E-state index is 0.00986. The van der Waals surface area contributed by atoms with Crippen molar-refractivity contribution in [3.63, 3.8) is 0 Å². The van der Waals surface area contributed by atoms with Crippen molar-refractivity contribution in [2.75, 3.05) is 7.11 Å². The van der Waals surface area contributed by atoms with Crippen molar-refractivity contribution in [3.05, 3.63) is 58.1 Å². The Morgan fingerprint density at radius 2 is 1.88 bits per heavy atom. The van der Waals surface area contributed by atoms with E-state index in [1.807, 2.05) is 42.5 Å². The first kappa shape index (κ1) is 21.6. The van der Waals surface area contributed by atoms with Gasteiger partial charge in [0.1, 0.15) is 0 Å². The second-order valence-electron chi connectivity index (χ2n) is 5.06. The third-order valence-electron chi connectivity index (χ3n) is 3.08. The van der Waals surface area contributed by atoms with Crippen LogP contribution in [0.25, 0.3) is 0 Å². The van der Waals surface area contributed by atoms with Crippen LogP contribution in [0, 0.1) is 0 Å². The quantitative estimate of drug-likeness (QED) is 0.406. The van der Waals surface area contributed by atoms with Crippen molar-refractivity contribution in [2.24, 2.45) is 0 Å². The molecule has 0 radical (unpaired) electrons. The molecule has 1 unspecified atom stereocenters. The molecule has 0 fully saturated rings. The number of rotatable bonds is 6. The van der Waals surface area contributed by atoms with Gasteiger partial charge in [0.05, 0.1) is 0 Å². The van der Waals surface area contributed by atoms with E-state index in [0.29, 0.717) is 44.2 Å². The molecule has 0 saturated heterocycles. The summed E-state index contributed by atoms with van der Waals surface area (Å²) in [5.41, 5.74) is 2.06. The summed E-state index contributed by atoms with van der Waals surface area (Å²) in [7, 11) is 1.61. The van der Waals surface area contributed by atoms with Gasteiger partial charge >= 0.3 is 149 Å². The first-order chi connectivity index (χ1) is 11.9. The summed E-state index contributed by atoms with van der Waals surface area (Å²) in [6, 6.07) is 13.7. The Morgan fingerprint density at radius 1 is 1.28 bits per heavy atom. The zero-order chi connectivity index (χ0) is 18.8. The SMILES string of the molecule is CC(=O)O.COc1cc(Br)c([CH]([Hg])C=O)cc1OCc1ccccc1. The Bertz CT molecular complexity index is 702. The Balaban J connectivity index is 0.000000705. The maximum absolute atomic E-state index is 11.1. The second-order valence-corrected chi connectivity index (χ2v) is 9.33. The van der Waals surface area contributed by atoms with E-state index in [9.17, 15) is 4.79 Å². The number of aldehydes is 1. The summed E-state index contributed by atoms with van der Waals surface area (Å²) in [6.07, 6.45) is 0.997. The van der Waals surface area contributed by atoms with Gasteiger partial charge in [0.15, 0.2) is 0 Å². The van der Waals surface area contributed by atoms with E-state index in [1.54, 1.807) is 7.11 Å². The monoisotopic (exact) mass is 595 g/mol. The zero-order valence-electron chi connectivity index (χ0n) is 14.1. The summed E-state index contributed by atoms with van der Waals surface area (Å²) in [5.74, 6) is 0.491. The Hall–Kier alpha value is -1.40. The van der Waals surface area contributed by atoms with E-state index in [4.69, 9.17) is 19.4 Å². The molecule has 1 atom stereocenters. The maximum atomic E-state index is 11.1. The Morgan fingerprint density at radius 3 is 2.40 bits per heavy atom. The fourth-order valence-electron chi connectivity index (χ4n) is 1.92. The zero-order valence-corrected chi connectivity index (χ0v) is 21.2. The van der Waals surface area contributed by atoms with Gasteiger partial charge in [-0.1, -0.05) is 0 Å². The molecule has 0 bridgehead atoms. The molecule has 0 aliphatic carbocycles. The third-order valence-corrected chi connectivity index (χ3v) is 6.23. The molecule has 2 aromatic rings. The van der Waals surface area contributed by atoms with Crippen LogP contribution in [-0.2, 0) is 42.3 Å². The van der Waals surface area contributed by atoms with Gasteiger partial charge in [-0.15, -0.1) is 0 Å². The molecule has 0 aliphatic rings. The third kappa shape index (κ3) is 7.56. The molecule has 129 valence electrons. The topological polar surface area (TPSA) is 72.8 Å². The second kappa shape index (κ2) is 11.3. The molecule has 0 aliphatic heterocycles. The number of carbonyl (C=O) groups excluding carboxylic acids is 1. The van der Waals surface area contributed by atoms with Crippen LogP contribution in [0.5, 0.6) is 11.5 Å². The van der Waals surface area contributed by atoms with Crippen LogP contribution in [0.3, 0.4) is 0 Å². The molecule has 2 rings (SSSR count). The van der Waals surface area contributed by atoms with Crippen LogP contribution < -0.4 is 9.47 Å². The molecular formula is C18H18BrHgO5. The number of methoxy groups -OCH3 is 1. The van der Waals surface area contributed by atoms with Crippen LogP contribution in [0.4, 0.5) is 0 Å². The molecule has 1 N–H and O–H groups in total. The normalized spacial score (nSPS) is 10.9. The number of hydrogen-bond acceptors (Lipinski definition) is 4. The van der Waals surface area contributed by atoms with Gasteiger partial charge in [0, 0.05) is 6.92 Å². The number of benzene rings is 2. The van der Waals surface area contributed by atoms with Crippen molar-refractivity contribution in [2.45, 2.75) is 17.0 Å². The fourth-order valence-corrected chi connectivity index (χ4v) is 5.01. The van der Waals surface area contributed by atoms with E-state index in [1.165, 1.54) is 0 Å². The molecule has 0 aromatic heterocycles. The summed E-state index contributed by atoms with van der Waals surface area (Å²) in [5, 5.41) is 7.42. The van der Waals surface area contributed by atoms with Gasteiger partial charge in [-0.25, -0.2) is 0 Å². The van der Waals surface area contributed by atoms with Gasteiger partial charge in [-0.05, 0) is 0 Å². The van der Waals surface area contributed by atoms with E-state index in [0.717, 1.165) is 28.8 Å². The molecule has 5 nitrogen and oxygen atoms in total. The number of hydrogen-bond donors (Lipinski definition) is 1. The van der Waals surface area contributed by atoms with Gasteiger partial charge in [-0.3, -0.25) is 4.79 Å². The fraction of sp³-hybridized carbons (Fsp3) is 0.222. The number of halogens is 1. The van der Waals surface area contributed by atoms with E-state index >= 15 is 0 Å². The van der Waals surface area contributed by atoms with Crippen LogP contribution in [-0.4, -0.2) is 24.5 Å². The van der Waals surface area contributed by atoms with Crippen molar-refractivity contribution >= 4 is 28.2 Å². The molecule has 7 heteroatoms. The van der Waals surface area contributed by atoms with Crippen molar-refractivity contribution in [1.82, 2.24) is 0 Å². The average Bonchev–Trinajstić information content (AvgIpc) is 2.60. The molecule has 0 heterocycles. The molecule has 0 spiro atoms. The molecular weight excluding hydrogens is 577 g/mol. The van der Waals surface area contributed by atoms with Crippen molar-refractivity contribution in [3.8, 4) is 11.5 Å². The van der Waals surface area contributed by atoms with Gasteiger partial charge in [0.25, 0.3) is 5.97 Å². The summed E-state index contributed by atoms with van der Waals surface area (Å²) in [6.45, 7) is 1.55. The number of carbonyl (C=O) groups is 2. The van der Waals surface area contributed by atoms with E-state index < -0.39 is 5.97 Å². The minimum atomic E-state index is -0.833. The molecule has 25 heavy (non-hydrogen) atoms. The first-order valence-corrected chi connectivity index (χ1v) is 11.4. The number of carboxylic acids is 1. The molecule has 0 saturated carbocycles. The summed E-state index contributed by atoms with van der Waals surface area (Å²) >= 11 is 3.82. The van der Waals surface area contributed by atoms with E-state index in [2.05, 4.69) is 15.9 Å². The van der Waals surface area contributed by atoms with Crippen LogP contribution in [0.1, 0.15) is 21.5 Å². The number of carboxylic acid groups (broad SMARTS) is 1. The summed E-state index contributed by atoms with van der Waals surface area (Å²) in [4.78, 5) is 20.1. The van der Waals surface area contributed by atoms with Gasteiger partial charge < -0.3 is 5.11 Å². The average molecular weight is 595 g/mol. The number of aliphatic carboxylic acids is 1. The van der Waals surface area contributed by atoms with Crippen LogP contribution >= 0.6 is 15.9 Å². The Labute approximate surface area is 171 Å². The number of ether oxygens (including phenoxy) is 2. The standard InChI is InChI=1S/C16H14BrO3.C2H4O2.Hg/c1-19-15-10-14(17)13(7-8-18)9-16(15)20-11-12-5-3-2-4-6-12;1-2(3)4;/h2-10H,11H2,1H3;1H3,(H,3,4);. The van der Waals surface area contributed by atoms with Crippen molar-refractivity contribution in [1.29, 1.82) is 0 Å². The first-order valence-electron chi connectivity index (χ1n) is 7.41. The van der Waals surface area contributed by atoms with Gasteiger partial charge in [-0.2, -0.15) is 0 Å². The van der Waals surface area contributed by atoms with E-state index in [-0.39, 0.29) is 3.43 Å².